The van der Waals surface area contributed by atoms with Crippen molar-refractivity contribution in [1.82, 2.24) is 9.78 Å². The van der Waals surface area contributed by atoms with Gasteiger partial charge >= 0.3 is 5.97 Å². The molecule has 0 aliphatic rings. The van der Waals surface area contributed by atoms with Gasteiger partial charge in [-0.3, -0.25) is 0 Å². The first-order valence-electron chi connectivity index (χ1n) is 4.79. The van der Waals surface area contributed by atoms with E-state index >= 15 is 0 Å². The van der Waals surface area contributed by atoms with Crippen molar-refractivity contribution in [2.24, 2.45) is 0 Å². The number of nitrogens with zero attached hydrogens (tertiary/aromatic N) is 2. The van der Waals surface area contributed by atoms with Crippen LogP contribution in [0, 0.1) is 0 Å². The lowest BCUT2D eigenvalue weighted by Crippen LogP contribution is -2.07. The third-order valence-electron chi connectivity index (χ3n) is 2.19. The zero-order chi connectivity index (χ0) is 11.5. The molecule has 1 aromatic heterocycles. The normalized spacial score (nSPS) is 10.1. The molecule has 0 saturated heterocycles. The number of carboxylic acid groups (broad SMARTS) is 1. The average Bonchev–Trinajstić information content (AvgIpc) is 2.74. The van der Waals surface area contributed by atoms with E-state index in [2.05, 4.69) is 10.4 Å². The van der Waals surface area contributed by atoms with Crippen LogP contribution in [0.1, 0.15) is 10.5 Å². The SMILES string of the molecule is CNc1cc(C(=O)O)n(-c2ccccc2)n1. The molecule has 0 amide bonds. The second-order valence-electron chi connectivity index (χ2n) is 3.22. The van der Waals surface area contributed by atoms with Crippen LogP contribution in [-0.2, 0) is 0 Å². The summed E-state index contributed by atoms with van der Waals surface area (Å²) in [6.45, 7) is 0. The van der Waals surface area contributed by atoms with E-state index in [-0.39, 0.29) is 5.69 Å². The summed E-state index contributed by atoms with van der Waals surface area (Å²) < 4.78 is 1.40. The summed E-state index contributed by atoms with van der Waals surface area (Å²) >= 11 is 0. The molecule has 0 bridgehead atoms. The summed E-state index contributed by atoms with van der Waals surface area (Å²) in [5.74, 6) is -0.473. The van der Waals surface area contributed by atoms with Gasteiger partial charge in [0.25, 0.3) is 0 Å². The lowest BCUT2D eigenvalue weighted by atomic mass is 10.3. The van der Waals surface area contributed by atoms with Crippen molar-refractivity contribution in [1.29, 1.82) is 0 Å². The van der Waals surface area contributed by atoms with Crippen LogP contribution < -0.4 is 5.32 Å². The Morgan fingerprint density at radius 2 is 2.06 bits per heavy atom. The third kappa shape index (κ3) is 1.75. The molecule has 0 radical (unpaired) electrons. The molecule has 5 heteroatoms. The summed E-state index contributed by atoms with van der Waals surface area (Å²) in [6, 6.07) is 10.6. The van der Waals surface area contributed by atoms with Crippen LogP contribution in [0.3, 0.4) is 0 Å². The van der Waals surface area contributed by atoms with Crippen molar-refractivity contribution in [3.63, 3.8) is 0 Å². The molecule has 2 N–H and O–H groups in total. The van der Waals surface area contributed by atoms with E-state index in [1.165, 1.54) is 10.7 Å². The minimum atomic E-state index is -1.00. The topological polar surface area (TPSA) is 67.2 Å². The molecule has 82 valence electrons. The van der Waals surface area contributed by atoms with Crippen LogP contribution in [0.2, 0.25) is 0 Å². The second kappa shape index (κ2) is 4.06. The number of hydrogen-bond donors (Lipinski definition) is 2. The molecule has 0 aliphatic heterocycles. The molecule has 5 nitrogen and oxygen atoms in total. The van der Waals surface area contributed by atoms with E-state index in [4.69, 9.17) is 5.11 Å². The Hall–Kier alpha value is -2.30. The second-order valence-corrected chi connectivity index (χ2v) is 3.22. The van der Waals surface area contributed by atoms with Gasteiger partial charge in [-0.2, -0.15) is 0 Å². The number of nitrogens with one attached hydrogen (secondary N) is 1. The fraction of sp³-hybridized carbons (Fsp3) is 0.0909. The molecule has 1 aromatic carbocycles. The number of benzene rings is 1. The van der Waals surface area contributed by atoms with Gasteiger partial charge in [0, 0.05) is 13.1 Å². The summed E-state index contributed by atoms with van der Waals surface area (Å²) in [7, 11) is 1.70. The van der Waals surface area contributed by atoms with E-state index in [0.717, 1.165) is 5.69 Å². The van der Waals surface area contributed by atoms with E-state index in [9.17, 15) is 4.79 Å². The first-order chi connectivity index (χ1) is 7.72. The zero-order valence-corrected chi connectivity index (χ0v) is 8.71. The summed E-state index contributed by atoms with van der Waals surface area (Å²) in [5, 5.41) is 16.0. The van der Waals surface area contributed by atoms with Crippen LogP contribution in [0.15, 0.2) is 36.4 Å². The minimum absolute atomic E-state index is 0.135. The van der Waals surface area contributed by atoms with Gasteiger partial charge in [-0.15, -0.1) is 5.10 Å². The van der Waals surface area contributed by atoms with Crippen LogP contribution in [0.4, 0.5) is 5.82 Å². The highest BCUT2D eigenvalue weighted by atomic mass is 16.4. The Morgan fingerprint density at radius 1 is 1.38 bits per heavy atom. The maximum Gasteiger partial charge on any atom is 0.354 e. The number of aromatic nitrogens is 2. The largest absolute Gasteiger partial charge is 0.477 e. The van der Waals surface area contributed by atoms with E-state index in [1.807, 2.05) is 18.2 Å². The molecule has 16 heavy (non-hydrogen) atoms. The number of carbonyl (C=O) groups is 1. The van der Waals surface area contributed by atoms with Crippen molar-refractivity contribution in [2.75, 3.05) is 12.4 Å². The number of hydrogen-bond acceptors (Lipinski definition) is 3. The van der Waals surface area contributed by atoms with E-state index < -0.39 is 5.97 Å². The molecule has 2 rings (SSSR count). The molecule has 0 saturated carbocycles. The Kier molecular flexibility index (Phi) is 2.59. The molecule has 0 unspecified atom stereocenters. The predicted octanol–water partition coefficient (Wildman–Crippen LogP) is 1.61. The number of rotatable bonds is 3. The van der Waals surface area contributed by atoms with Gasteiger partial charge in [0.05, 0.1) is 5.69 Å². The highest BCUT2D eigenvalue weighted by Gasteiger charge is 2.14. The van der Waals surface area contributed by atoms with Gasteiger partial charge < -0.3 is 10.4 Å². The zero-order valence-electron chi connectivity index (χ0n) is 8.71. The average molecular weight is 217 g/mol. The van der Waals surface area contributed by atoms with Crippen LogP contribution in [0.25, 0.3) is 5.69 Å². The van der Waals surface area contributed by atoms with Gasteiger partial charge in [-0.1, -0.05) is 18.2 Å². The highest BCUT2D eigenvalue weighted by Crippen LogP contribution is 2.15. The molecule has 1 heterocycles. The molecular formula is C11H11N3O2. The Bertz CT molecular complexity index is 505. The molecule has 0 atom stereocenters. The fourth-order valence-electron chi connectivity index (χ4n) is 1.42. The Balaban J connectivity index is 2.55. The van der Waals surface area contributed by atoms with Gasteiger partial charge in [0.1, 0.15) is 5.82 Å². The molecular weight excluding hydrogens is 206 g/mol. The number of para-hydroxylation sites is 1. The smallest absolute Gasteiger partial charge is 0.354 e. The lowest BCUT2D eigenvalue weighted by molar-refractivity contribution is 0.0687. The van der Waals surface area contributed by atoms with Crippen LogP contribution in [-0.4, -0.2) is 27.9 Å². The maximum absolute atomic E-state index is 11.0. The van der Waals surface area contributed by atoms with E-state index in [1.54, 1.807) is 19.2 Å². The Labute approximate surface area is 92.3 Å². The summed E-state index contributed by atoms with van der Waals surface area (Å²) in [5.41, 5.74) is 0.858. The molecule has 2 aromatic rings. The molecule has 0 fully saturated rings. The van der Waals surface area contributed by atoms with Gasteiger partial charge in [0.2, 0.25) is 0 Å². The van der Waals surface area contributed by atoms with Crippen molar-refractivity contribution >= 4 is 11.8 Å². The van der Waals surface area contributed by atoms with Crippen molar-refractivity contribution in [2.45, 2.75) is 0 Å². The monoisotopic (exact) mass is 217 g/mol. The highest BCUT2D eigenvalue weighted by molar-refractivity contribution is 5.87. The van der Waals surface area contributed by atoms with Crippen LogP contribution in [0.5, 0.6) is 0 Å². The lowest BCUT2D eigenvalue weighted by Gasteiger charge is -2.02. The van der Waals surface area contributed by atoms with E-state index in [0.29, 0.717) is 5.82 Å². The third-order valence-corrected chi connectivity index (χ3v) is 2.19. The number of carboxylic acids is 1. The fourth-order valence-corrected chi connectivity index (χ4v) is 1.42. The summed E-state index contributed by atoms with van der Waals surface area (Å²) in [4.78, 5) is 11.0. The summed E-state index contributed by atoms with van der Waals surface area (Å²) in [6.07, 6.45) is 0. The van der Waals surface area contributed by atoms with Gasteiger partial charge in [0.15, 0.2) is 5.69 Å². The predicted molar refractivity (Wildman–Crippen MR) is 60.1 cm³/mol. The Morgan fingerprint density at radius 3 is 2.62 bits per heavy atom. The van der Waals surface area contributed by atoms with Crippen molar-refractivity contribution in [3.8, 4) is 5.69 Å². The van der Waals surface area contributed by atoms with Crippen molar-refractivity contribution < 1.29 is 9.90 Å². The van der Waals surface area contributed by atoms with Gasteiger partial charge in [-0.25, -0.2) is 9.48 Å². The number of anilines is 1. The first-order valence-corrected chi connectivity index (χ1v) is 4.79. The standard InChI is InChI=1S/C11H11N3O2/c1-12-10-7-9(11(15)16)14(13-10)8-5-3-2-4-6-8/h2-7H,1H3,(H,12,13)(H,15,16). The quantitative estimate of drug-likeness (QED) is 0.819. The van der Waals surface area contributed by atoms with Gasteiger partial charge in [-0.05, 0) is 12.1 Å². The van der Waals surface area contributed by atoms with Crippen molar-refractivity contribution in [3.05, 3.63) is 42.1 Å². The maximum atomic E-state index is 11.0. The molecule has 0 spiro atoms. The first kappa shape index (κ1) is 10.2. The van der Waals surface area contributed by atoms with Crippen LogP contribution >= 0.6 is 0 Å². The molecule has 0 aliphatic carbocycles. The minimum Gasteiger partial charge on any atom is -0.477 e. The number of aromatic carboxylic acids is 1.